The highest BCUT2D eigenvalue weighted by atomic mass is 79.9. The average molecular weight is 353 g/mol. The normalized spacial score (nSPS) is 11.7. The molecule has 0 unspecified atom stereocenters. The molecule has 0 spiro atoms. The Morgan fingerprint density at radius 1 is 1.29 bits per heavy atom. The lowest BCUT2D eigenvalue weighted by Crippen LogP contribution is -2.35. The van der Waals surface area contributed by atoms with Gasteiger partial charge < -0.3 is 14.6 Å². The zero-order valence-corrected chi connectivity index (χ0v) is 14.5. The van der Waals surface area contributed by atoms with E-state index in [1.807, 2.05) is 31.2 Å². The second kappa shape index (κ2) is 6.62. The quantitative estimate of drug-likeness (QED) is 0.875. The molecule has 0 fully saturated rings. The van der Waals surface area contributed by atoms with Gasteiger partial charge in [-0.25, -0.2) is 0 Å². The Hall–Kier alpha value is -1.33. The average Bonchev–Trinajstić information content (AvgIpc) is 2.82. The van der Waals surface area contributed by atoms with Crippen LogP contribution >= 0.6 is 15.9 Å². The Morgan fingerprint density at radius 3 is 2.71 bits per heavy atom. The SMILES string of the molecule is Cc1cc(Br)ccc1OCc1cc(CNC(C)(C)C)no1. The number of aryl methyl sites for hydroxylation is 1. The van der Waals surface area contributed by atoms with Crippen LogP contribution in [0.1, 0.15) is 37.8 Å². The molecule has 1 aromatic carbocycles. The molecular formula is C16H21BrN2O2. The molecule has 5 heteroatoms. The molecule has 4 nitrogen and oxygen atoms in total. The smallest absolute Gasteiger partial charge is 0.174 e. The minimum atomic E-state index is 0.0597. The van der Waals surface area contributed by atoms with Gasteiger partial charge in [-0.2, -0.15) is 0 Å². The number of hydrogen-bond donors (Lipinski definition) is 1. The van der Waals surface area contributed by atoms with E-state index in [0.717, 1.165) is 27.2 Å². The summed E-state index contributed by atoms with van der Waals surface area (Å²) in [5.41, 5.74) is 2.03. The Labute approximate surface area is 134 Å². The summed E-state index contributed by atoms with van der Waals surface area (Å²) in [6.07, 6.45) is 0. The van der Waals surface area contributed by atoms with Crippen LogP contribution in [-0.4, -0.2) is 10.7 Å². The molecule has 0 amide bonds. The number of ether oxygens (including phenoxy) is 1. The van der Waals surface area contributed by atoms with Crippen LogP contribution in [0.2, 0.25) is 0 Å². The summed E-state index contributed by atoms with van der Waals surface area (Å²) in [7, 11) is 0. The predicted octanol–water partition coefficient (Wildman–Crippen LogP) is 4.21. The molecule has 0 bridgehead atoms. The summed E-state index contributed by atoms with van der Waals surface area (Å²) in [5, 5.41) is 7.42. The first-order chi connectivity index (χ1) is 9.83. The van der Waals surface area contributed by atoms with Crippen LogP contribution in [0.25, 0.3) is 0 Å². The van der Waals surface area contributed by atoms with Crippen molar-refractivity contribution in [3.05, 3.63) is 45.8 Å². The molecule has 0 saturated heterocycles. The maximum absolute atomic E-state index is 5.76. The highest BCUT2D eigenvalue weighted by Crippen LogP contribution is 2.23. The maximum Gasteiger partial charge on any atom is 0.174 e. The molecule has 0 aliphatic heterocycles. The zero-order chi connectivity index (χ0) is 15.5. The Balaban J connectivity index is 1.90. The number of hydrogen-bond acceptors (Lipinski definition) is 4. The number of nitrogens with one attached hydrogen (secondary N) is 1. The third-order valence-electron chi connectivity index (χ3n) is 2.91. The van der Waals surface area contributed by atoms with Gasteiger partial charge in [0.25, 0.3) is 0 Å². The summed E-state index contributed by atoms with van der Waals surface area (Å²) < 4.78 is 12.1. The minimum Gasteiger partial charge on any atom is -0.485 e. The van der Waals surface area contributed by atoms with Gasteiger partial charge in [0.2, 0.25) is 0 Å². The van der Waals surface area contributed by atoms with E-state index in [9.17, 15) is 0 Å². The van der Waals surface area contributed by atoms with Gasteiger partial charge in [-0.1, -0.05) is 21.1 Å². The van der Waals surface area contributed by atoms with E-state index in [1.54, 1.807) is 0 Å². The lowest BCUT2D eigenvalue weighted by atomic mass is 10.1. The van der Waals surface area contributed by atoms with E-state index in [-0.39, 0.29) is 5.54 Å². The topological polar surface area (TPSA) is 47.3 Å². The first-order valence-corrected chi connectivity index (χ1v) is 7.71. The molecular weight excluding hydrogens is 332 g/mol. The number of benzene rings is 1. The molecule has 0 saturated carbocycles. The van der Waals surface area contributed by atoms with E-state index in [0.29, 0.717) is 13.2 Å². The van der Waals surface area contributed by atoms with Gasteiger partial charge in [-0.3, -0.25) is 0 Å². The first-order valence-electron chi connectivity index (χ1n) is 6.92. The molecule has 2 aromatic rings. The van der Waals surface area contributed by atoms with Crippen molar-refractivity contribution >= 4 is 15.9 Å². The summed E-state index contributed by atoms with van der Waals surface area (Å²) in [6, 6.07) is 7.85. The molecule has 1 heterocycles. The van der Waals surface area contributed by atoms with Gasteiger partial charge >= 0.3 is 0 Å². The third-order valence-corrected chi connectivity index (χ3v) is 3.41. The molecule has 1 aromatic heterocycles. The Bertz CT molecular complexity index is 603. The van der Waals surface area contributed by atoms with Crippen molar-refractivity contribution in [1.29, 1.82) is 0 Å². The summed E-state index contributed by atoms with van der Waals surface area (Å²) in [4.78, 5) is 0. The molecule has 114 valence electrons. The molecule has 0 aliphatic carbocycles. The molecule has 0 radical (unpaired) electrons. The fourth-order valence-corrected chi connectivity index (χ4v) is 2.26. The zero-order valence-electron chi connectivity index (χ0n) is 12.9. The predicted molar refractivity (Wildman–Crippen MR) is 86.3 cm³/mol. The molecule has 0 atom stereocenters. The second-order valence-corrected chi connectivity index (χ2v) is 7.00. The molecule has 2 rings (SSSR count). The van der Waals surface area contributed by atoms with Crippen molar-refractivity contribution in [2.75, 3.05) is 0 Å². The number of nitrogens with zero attached hydrogens (tertiary/aromatic N) is 1. The van der Waals surface area contributed by atoms with Crippen LogP contribution in [-0.2, 0) is 13.2 Å². The number of rotatable bonds is 5. The first kappa shape index (κ1) is 16.0. The summed E-state index contributed by atoms with van der Waals surface area (Å²) >= 11 is 3.44. The second-order valence-electron chi connectivity index (χ2n) is 6.09. The van der Waals surface area contributed by atoms with E-state index in [4.69, 9.17) is 9.26 Å². The van der Waals surface area contributed by atoms with E-state index in [1.165, 1.54) is 0 Å². The lowest BCUT2D eigenvalue weighted by molar-refractivity contribution is 0.247. The molecule has 21 heavy (non-hydrogen) atoms. The van der Waals surface area contributed by atoms with Crippen molar-refractivity contribution in [2.24, 2.45) is 0 Å². The monoisotopic (exact) mass is 352 g/mol. The van der Waals surface area contributed by atoms with Crippen molar-refractivity contribution in [1.82, 2.24) is 10.5 Å². The van der Waals surface area contributed by atoms with Gasteiger partial charge in [0.1, 0.15) is 12.4 Å². The summed E-state index contributed by atoms with van der Waals surface area (Å²) in [6.45, 7) is 9.43. The third kappa shape index (κ3) is 5.17. The summed E-state index contributed by atoms with van der Waals surface area (Å²) in [5.74, 6) is 1.58. The Kier molecular flexibility index (Phi) is 5.06. The largest absolute Gasteiger partial charge is 0.485 e. The standard InChI is InChI=1S/C16H21BrN2O2/c1-11-7-12(17)5-6-15(11)20-10-14-8-13(19-21-14)9-18-16(2,3)4/h5-8,18H,9-10H2,1-4H3. The number of halogens is 1. The van der Waals surface area contributed by atoms with Gasteiger partial charge in [-0.15, -0.1) is 0 Å². The minimum absolute atomic E-state index is 0.0597. The molecule has 1 N–H and O–H groups in total. The van der Waals surface area contributed by atoms with E-state index >= 15 is 0 Å². The van der Waals surface area contributed by atoms with Crippen molar-refractivity contribution in [2.45, 2.75) is 46.4 Å². The van der Waals surface area contributed by atoms with Crippen LogP contribution in [0, 0.1) is 6.92 Å². The van der Waals surface area contributed by atoms with Gasteiger partial charge in [-0.05, 0) is 51.5 Å². The van der Waals surface area contributed by atoms with Crippen molar-refractivity contribution in [3.63, 3.8) is 0 Å². The van der Waals surface area contributed by atoms with Crippen LogP contribution in [0.5, 0.6) is 5.75 Å². The lowest BCUT2D eigenvalue weighted by Gasteiger charge is -2.19. The van der Waals surface area contributed by atoms with Crippen LogP contribution in [0.3, 0.4) is 0 Å². The maximum atomic E-state index is 5.76. The van der Waals surface area contributed by atoms with Gasteiger partial charge in [0.15, 0.2) is 5.76 Å². The van der Waals surface area contributed by atoms with Crippen LogP contribution in [0.4, 0.5) is 0 Å². The fraction of sp³-hybridized carbons (Fsp3) is 0.438. The highest BCUT2D eigenvalue weighted by Gasteiger charge is 2.11. The van der Waals surface area contributed by atoms with Crippen molar-refractivity contribution in [3.8, 4) is 5.75 Å². The van der Waals surface area contributed by atoms with Crippen LogP contribution in [0.15, 0.2) is 33.3 Å². The van der Waals surface area contributed by atoms with Crippen molar-refractivity contribution < 1.29 is 9.26 Å². The van der Waals surface area contributed by atoms with Gasteiger partial charge in [0, 0.05) is 22.6 Å². The highest BCUT2D eigenvalue weighted by molar-refractivity contribution is 9.10. The fourth-order valence-electron chi connectivity index (χ4n) is 1.79. The van der Waals surface area contributed by atoms with E-state index < -0.39 is 0 Å². The Morgan fingerprint density at radius 2 is 2.05 bits per heavy atom. The van der Waals surface area contributed by atoms with Crippen LogP contribution < -0.4 is 10.1 Å². The van der Waals surface area contributed by atoms with E-state index in [2.05, 4.69) is 47.2 Å². The molecule has 0 aliphatic rings. The van der Waals surface area contributed by atoms with Gasteiger partial charge in [0.05, 0.1) is 5.69 Å². The number of aromatic nitrogens is 1.